The van der Waals surface area contributed by atoms with Crippen molar-refractivity contribution in [3.05, 3.63) is 83.3 Å². The highest BCUT2D eigenvalue weighted by molar-refractivity contribution is 5.76. The predicted octanol–water partition coefficient (Wildman–Crippen LogP) is 2.97. The van der Waals surface area contributed by atoms with E-state index in [9.17, 15) is 4.79 Å². The molecule has 3 N–H and O–H groups in total. The van der Waals surface area contributed by atoms with Gasteiger partial charge < -0.3 is 24.5 Å². The van der Waals surface area contributed by atoms with Crippen molar-refractivity contribution in [1.82, 2.24) is 5.32 Å². The SMILES string of the molecule is CCOc1cc2c(cc1CNC(=O)C[NH2+][C@H](c1ccccc1)c1ccco1)O[C@@H](C)C2. The van der Waals surface area contributed by atoms with Crippen molar-refractivity contribution in [2.45, 2.75) is 39.0 Å². The maximum Gasteiger partial charge on any atom is 0.275 e. The van der Waals surface area contributed by atoms with E-state index in [-0.39, 0.29) is 24.6 Å². The van der Waals surface area contributed by atoms with E-state index in [4.69, 9.17) is 13.9 Å². The molecule has 31 heavy (non-hydrogen) atoms. The summed E-state index contributed by atoms with van der Waals surface area (Å²) in [7, 11) is 0. The van der Waals surface area contributed by atoms with E-state index in [1.807, 2.05) is 66.8 Å². The topological polar surface area (TPSA) is 77.3 Å². The van der Waals surface area contributed by atoms with Gasteiger partial charge in [-0.3, -0.25) is 4.79 Å². The van der Waals surface area contributed by atoms with Crippen LogP contribution in [0.5, 0.6) is 11.5 Å². The van der Waals surface area contributed by atoms with Crippen molar-refractivity contribution in [2.75, 3.05) is 13.2 Å². The third-order valence-corrected chi connectivity index (χ3v) is 5.40. The van der Waals surface area contributed by atoms with E-state index in [0.717, 1.165) is 40.4 Å². The van der Waals surface area contributed by atoms with Crippen LogP contribution in [-0.2, 0) is 17.8 Å². The fourth-order valence-electron chi connectivity index (χ4n) is 3.95. The van der Waals surface area contributed by atoms with E-state index in [1.165, 1.54) is 0 Å². The lowest BCUT2D eigenvalue weighted by Crippen LogP contribution is -2.87. The zero-order valence-electron chi connectivity index (χ0n) is 18.0. The zero-order valence-corrected chi connectivity index (χ0v) is 18.0. The number of hydrogen-bond donors (Lipinski definition) is 2. The maximum atomic E-state index is 12.6. The Hall–Kier alpha value is -3.25. The summed E-state index contributed by atoms with van der Waals surface area (Å²) in [6.07, 6.45) is 2.70. The Morgan fingerprint density at radius 3 is 2.81 bits per heavy atom. The quantitative estimate of drug-likeness (QED) is 0.557. The number of quaternary nitrogens is 1. The summed E-state index contributed by atoms with van der Waals surface area (Å²) >= 11 is 0. The smallest absolute Gasteiger partial charge is 0.275 e. The summed E-state index contributed by atoms with van der Waals surface area (Å²) in [5.41, 5.74) is 3.17. The summed E-state index contributed by atoms with van der Waals surface area (Å²) in [5, 5.41) is 5.00. The van der Waals surface area contributed by atoms with Gasteiger partial charge >= 0.3 is 0 Å². The van der Waals surface area contributed by atoms with Crippen molar-refractivity contribution in [3.8, 4) is 11.5 Å². The Morgan fingerprint density at radius 1 is 1.23 bits per heavy atom. The standard InChI is InChI=1S/C25H28N2O4/c1-3-29-22-13-19-12-17(2)31-23(19)14-20(22)15-26-24(28)16-27-25(21-10-7-11-30-21)18-8-5-4-6-9-18/h4-11,13-14,17,25,27H,3,12,15-16H2,1-2H3,(H,26,28)/p+1/t17-,25+/m0/s1. The molecule has 162 valence electrons. The number of carbonyl (C=O) groups is 1. The third kappa shape index (κ3) is 5.09. The van der Waals surface area contributed by atoms with Crippen LogP contribution >= 0.6 is 0 Å². The average Bonchev–Trinajstić information content (AvgIpc) is 3.42. The lowest BCUT2D eigenvalue weighted by atomic mass is 10.0. The van der Waals surface area contributed by atoms with Gasteiger partial charge in [-0.05, 0) is 38.1 Å². The highest BCUT2D eigenvalue weighted by Gasteiger charge is 2.23. The molecule has 2 atom stereocenters. The van der Waals surface area contributed by atoms with E-state index in [2.05, 4.69) is 12.2 Å². The molecule has 0 fully saturated rings. The van der Waals surface area contributed by atoms with E-state index in [0.29, 0.717) is 13.2 Å². The van der Waals surface area contributed by atoms with Gasteiger partial charge in [-0.25, -0.2) is 0 Å². The molecule has 1 aliphatic heterocycles. The molecule has 6 nitrogen and oxygen atoms in total. The first kappa shape index (κ1) is 21.0. The summed E-state index contributed by atoms with van der Waals surface area (Å²) < 4.78 is 17.3. The molecular weight excluding hydrogens is 392 g/mol. The largest absolute Gasteiger partial charge is 0.494 e. The van der Waals surface area contributed by atoms with Crippen LogP contribution in [0.3, 0.4) is 0 Å². The van der Waals surface area contributed by atoms with Crippen LogP contribution in [0, 0.1) is 0 Å². The molecule has 3 aromatic rings. The normalized spacial score (nSPS) is 15.7. The van der Waals surface area contributed by atoms with Crippen LogP contribution in [0.2, 0.25) is 0 Å². The van der Waals surface area contributed by atoms with Gasteiger partial charge in [0.05, 0.1) is 12.9 Å². The predicted molar refractivity (Wildman–Crippen MR) is 117 cm³/mol. The number of nitrogens with one attached hydrogen (secondary N) is 1. The molecule has 0 bridgehead atoms. The van der Waals surface area contributed by atoms with Gasteiger partial charge in [-0.1, -0.05) is 30.3 Å². The summed E-state index contributed by atoms with van der Waals surface area (Å²) in [6, 6.07) is 17.8. The second kappa shape index (κ2) is 9.71. The number of nitrogens with two attached hydrogens (primary N) is 1. The minimum Gasteiger partial charge on any atom is -0.494 e. The first-order chi connectivity index (χ1) is 15.1. The highest BCUT2D eigenvalue weighted by Crippen LogP contribution is 2.35. The molecule has 0 spiro atoms. The molecule has 4 rings (SSSR count). The summed E-state index contributed by atoms with van der Waals surface area (Å²) in [4.78, 5) is 12.6. The van der Waals surface area contributed by atoms with E-state index >= 15 is 0 Å². The molecule has 1 aromatic heterocycles. The molecule has 0 unspecified atom stereocenters. The van der Waals surface area contributed by atoms with Gasteiger partial charge in [0.2, 0.25) is 0 Å². The Balaban J connectivity index is 1.39. The van der Waals surface area contributed by atoms with E-state index in [1.54, 1.807) is 6.26 Å². The van der Waals surface area contributed by atoms with Crippen LogP contribution in [0.25, 0.3) is 0 Å². The minimum absolute atomic E-state index is 0.0512. The molecule has 1 amide bonds. The lowest BCUT2D eigenvalue weighted by Gasteiger charge is -2.15. The van der Waals surface area contributed by atoms with Crippen LogP contribution in [-0.4, -0.2) is 25.2 Å². The molecule has 0 saturated carbocycles. The van der Waals surface area contributed by atoms with Crippen molar-refractivity contribution in [1.29, 1.82) is 0 Å². The van der Waals surface area contributed by atoms with E-state index < -0.39 is 0 Å². The Morgan fingerprint density at radius 2 is 2.06 bits per heavy atom. The zero-order chi connectivity index (χ0) is 21.6. The lowest BCUT2D eigenvalue weighted by molar-refractivity contribution is -0.678. The fraction of sp³-hybridized carbons (Fsp3) is 0.320. The fourth-order valence-corrected chi connectivity index (χ4v) is 3.95. The van der Waals surface area contributed by atoms with Gasteiger partial charge in [0.25, 0.3) is 5.91 Å². The summed E-state index contributed by atoms with van der Waals surface area (Å²) in [5.74, 6) is 2.46. The second-order valence-electron chi connectivity index (χ2n) is 7.75. The third-order valence-electron chi connectivity index (χ3n) is 5.40. The number of hydrogen-bond acceptors (Lipinski definition) is 4. The second-order valence-corrected chi connectivity index (χ2v) is 7.75. The van der Waals surface area contributed by atoms with Crippen LogP contribution < -0.4 is 20.1 Å². The molecule has 0 saturated heterocycles. The number of rotatable bonds is 9. The molecule has 0 radical (unpaired) electrons. The van der Waals surface area contributed by atoms with Crippen LogP contribution in [0.4, 0.5) is 0 Å². The maximum absolute atomic E-state index is 12.6. The highest BCUT2D eigenvalue weighted by atomic mass is 16.5. The number of fused-ring (bicyclic) bond motifs is 1. The van der Waals surface area contributed by atoms with Gasteiger partial charge in [0.15, 0.2) is 18.3 Å². The summed E-state index contributed by atoms with van der Waals surface area (Å²) in [6.45, 7) is 5.26. The number of ether oxygens (including phenoxy) is 2. The first-order valence-corrected chi connectivity index (χ1v) is 10.8. The van der Waals surface area contributed by atoms with Crippen molar-refractivity contribution in [3.63, 3.8) is 0 Å². The van der Waals surface area contributed by atoms with Gasteiger partial charge in [0.1, 0.15) is 17.6 Å². The van der Waals surface area contributed by atoms with Crippen LogP contribution in [0.1, 0.15) is 42.3 Å². The van der Waals surface area contributed by atoms with Crippen LogP contribution in [0.15, 0.2) is 65.3 Å². The molecule has 0 aliphatic carbocycles. The van der Waals surface area contributed by atoms with Gasteiger partial charge in [0, 0.05) is 29.7 Å². The Kier molecular flexibility index (Phi) is 6.57. The monoisotopic (exact) mass is 421 g/mol. The Bertz CT molecular complexity index is 1000. The molecule has 2 aromatic carbocycles. The first-order valence-electron chi connectivity index (χ1n) is 10.8. The average molecular weight is 422 g/mol. The minimum atomic E-state index is -0.0733. The molecule has 1 aliphatic rings. The number of furan rings is 1. The van der Waals surface area contributed by atoms with Gasteiger partial charge in [-0.15, -0.1) is 0 Å². The molecule has 6 heteroatoms. The Labute approximate surface area is 182 Å². The number of benzene rings is 2. The van der Waals surface area contributed by atoms with Crippen molar-refractivity contribution >= 4 is 5.91 Å². The number of amides is 1. The number of carbonyl (C=O) groups excluding carboxylic acids is 1. The molecular formula is C25H29N2O4+. The molecule has 2 heterocycles. The van der Waals surface area contributed by atoms with Crippen molar-refractivity contribution in [2.24, 2.45) is 0 Å². The van der Waals surface area contributed by atoms with Crippen molar-refractivity contribution < 1.29 is 24.0 Å². The van der Waals surface area contributed by atoms with Gasteiger partial charge in [-0.2, -0.15) is 0 Å².